The lowest BCUT2D eigenvalue weighted by atomic mass is 10.0. The minimum absolute atomic E-state index is 0.0406. The molecule has 6 N–H and O–H groups in total. The van der Waals surface area contributed by atoms with Crippen LogP contribution < -0.4 is 10.6 Å². The number of anilines is 1. The highest BCUT2D eigenvalue weighted by atomic mass is 35.5. The predicted molar refractivity (Wildman–Crippen MR) is 117 cm³/mol. The molecule has 2 aliphatic rings. The highest BCUT2D eigenvalue weighted by molar-refractivity contribution is 6.18. The molecule has 1 aliphatic carbocycles. The molecule has 0 bridgehead atoms. The van der Waals surface area contributed by atoms with E-state index in [0.717, 1.165) is 19.3 Å². The van der Waals surface area contributed by atoms with E-state index >= 15 is 0 Å². The van der Waals surface area contributed by atoms with E-state index in [2.05, 4.69) is 25.6 Å². The zero-order valence-electron chi connectivity index (χ0n) is 18.1. The van der Waals surface area contributed by atoms with Crippen LogP contribution in [0.2, 0.25) is 0 Å². The number of nitrogens with zero attached hydrogens (tertiary/aromatic N) is 4. The Labute approximate surface area is 190 Å². The van der Waals surface area contributed by atoms with Crippen LogP contribution in [0.15, 0.2) is 12.7 Å². The summed E-state index contributed by atoms with van der Waals surface area (Å²) in [5.74, 6) is -1.25. The van der Waals surface area contributed by atoms with E-state index in [0.29, 0.717) is 23.4 Å². The minimum Gasteiger partial charge on any atom is -0.392 e. The number of imidazole rings is 1. The predicted octanol–water partition coefficient (Wildman–Crippen LogP) is -0.130. The van der Waals surface area contributed by atoms with Gasteiger partial charge in [-0.15, -0.1) is 11.6 Å². The van der Waals surface area contributed by atoms with E-state index in [-0.39, 0.29) is 11.9 Å². The monoisotopic (exact) mass is 470 g/mol. The van der Waals surface area contributed by atoms with Gasteiger partial charge in [-0.05, 0) is 32.6 Å². The molecule has 1 unspecified atom stereocenters. The van der Waals surface area contributed by atoms with Crippen molar-refractivity contribution in [2.45, 2.75) is 88.0 Å². The van der Waals surface area contributed by atoms with Gasteiger partial charge in [-0.3, -0.25) is 9.88 Å². The van der Waals surface area contributed by atoms with Crippen LogP contribution in [-0.4, -0.2) is 88.4 Å². The number of alkyl halides is 1. The number of nitrogens with one attached hydrogen (secondary N) is 2. The normalized spacial score (nSPS) is 34.8. The fourth-order valence-corrected chi connectivity index (χ4v) is 4.86. The van der Waals surface area contributed by atoms with Gasteiger partial charge < -0.3 is 30.5 Å². The summed E-state index contributed by atoms with van der Waals surface area (Å²) in [6.07, 6.45) is 1.04. The molecule has 11 nitrogen and oxygen atoms in total. The molecule has 0 spiro atoms. The van der Waals surface area contributed by atoms with Crippen LogP contribution in [-0.2, 0) is 10.6 Å². The van der Waals surface area contributed by atoms with Gasteiger partial charge in [0.05, 0.1) is 24.1 Å². The molecule has 1 aliphatic heterocycles. The summed E-state index contributed by atoms with van der Waals surface area (Å²) in [5, 5.41) is 48.5. The molecule has 4 rings (SSSR count). The van der Waals surface area contributed by atoms with E-state index in [1.165, 1.54) is 17.2 Å². The van der Waals surface area contributed by atoms with E-state index in [4.69, 9.17) is 16.3 Å². The highest BCUT2D eigenvalue weighted by Crippen LogP contribution is 2.37. The highest BCUT2D eigenvalue weighted by Gasteiger charge is 2.57. The Bertz CT molecular complexity index is 931. The van der Waals surface area contributed by atoms with Gasteiger partial charge in [0.2, 0.25) is 5.85 Å². The second-order valence-corrected chi connectivity index (χ2v) is 8.91. The van der Waals surface area contributed by atoms with Crippen molar-refractivity contribution in [2.24, 2.45) is 0 Å². The average molecular weight is 471 g/mol. The molecule has 0 radical (unpaired) electrons. The first-order valence-corrected chi connectivity index (χ1v) is 11.5. The van der Waals surface area contributed by atoms with E-state index < -0.39 is 42.4 Å². The molecule has 3 heterocycles. The van der Waals surface area contributed by atoms with Gasteiger partial charge in [0.25, 0.3) is 0 Å². The Morgan fingerprint density at radius 1 is 1.28 bits per heavy atom. The number of aromatic nitrogens is 4. The van der Waals surface area contributed by atoms with E-state index in [9.17, 15) is 20.4 Å². The lowest BCUT2D eigenvalue weighted by Gasteiger charge is -2.38. The molecule has 32 heavy (non-hydrogen) atoms. The maximum absolute atomic E-state index is 11.1. The summed E-state index contributed by atoms with van der Waals surface area (Å²) in [5.41, 5.74) is 0.780. The van der Waals surface area contributed by atoms with Crippen molar-refractivity contribution < 1.29 is 25.2 Å². The third kappa shape index (κ3) is 3.96. The number of fused-ring (bicyclic) bond motifs is 1. The Hall–Kier alpha value is -1.60. The molecule has 2 fully saturated rings. The summed E-state index contributed by atoms with van der Waals surface area (Å²) in [7, 11) is 0. The number of halogens is 1. The van der Waals surface area contributed by atoms with Crippen molar-refractivity contribution in [2.75, 3.05) is 11.2 Å². The maximum Gasteiger partial charge on any atom is 0.234 e. The SMILES string of the molecule is CC[C@@H](N[C@@]1(n2cnc3c(N[C@H]4CCC[C@@H]4O)ncnc32)O[C@H](CCl)C(O)[C@@H]1O)[C@H](C)O. The molecule has 1 saturated carbocycles. The fraction of sp³-hybridized carbons (Fsp3) is 0.750. The van der Waals surface area contributed by atoms with Gasteiger partial charge in [0.1, 0.15) is 31.0 Å². The molecule has 12 heteroatoms. The summed E-state index contributed by atoms with van der Waals surface area (Å²) in [6, 6.07) is -0.600. The molecule has 2 aromatic rings. The van der Waals surface area contributed by atoms with Crippen molar-refractivity contribution in [1.82, 2.24) is 24.8 Å². The summed E-state index contributed by atoms with van der Waals surface area (Å²) < 4.78 is 7.60. The third-order valence-corrected chi connectivity index (χ3v) is 6.80. The topological polar surface area (TPSA) is 158 Å². The average Bonchev–Trinajstić information content (AvgIpc) is 3.45. The largest absolute Gasteiger partial charge is 0.392 e. The van der Waals surface area contributed by atoms with Gasteiger partial charge in [0, 0.05) is 6.04 Å². The Morgan fingerprint density at radius 3 is 2.66 bits per heavy atom. The minimum atomic E-state index is -1.66. The van der Waals surface area contributed by atoms with Gasteiger partial charge in [0.15, 0.2) is 17.0 Å². The number of rotatable bonds is 8. The second-order valence-electron chi connectivity index (χ2n) is 8.60. The number of ether oxygens (including phenoxy) is 1. The van der Waals surface area contributed by atoms with Crippen molar-refractivity contribution in [3.05, 3.63) is 12.7 Å². The zero-order valence-corrected chi connectivity index (χ0v) is 18.9. The number of hydrogen-bond acceptors (Lipinski definition) is 10. The third-order valence-electron chi connectivity index (χ3n) is 6.50. The van der Waals surface area contributed by atoms with Crippen molar-refractivity contribution in [3.8, 4) is 0 Å². The Balaban J connectivity index is 1.78. The molecule has 178 valence electrons. The Morgan fingerprint density at radius 2 is 2.06 bits per heavy atom. The Kier molecular flexibility index (Phi) is 6.87. The molecule has 8 atom stereocenters. The first kappa shape index (κ1) is 23.6. The summed E-state index contributed by atoms with van der Waals surface area (Å²) in [6.45, 7) is 3.52. The van der Waals surface area contributed by atoms with Gasteiger partial charge >= 0.3 is 0 Å². The van der Waals surface area contributed by atoms with Crippen LogP contribution in [0.5, 0.6) is 0 Å². The second kappa shape index (κ2) is 9.34. The smallest absolute Gasteiger partial charge is 0.234 e. The standard InChI is InChI=1S/C20H31ClN6O5/c1-3-11(10(2)28)26-20(17(31)16(30)14(7-21)32-20)27-9-24-15-18(22-8-23-19(15)27)25-12-5-4-6-13(12)29/h8-14,16-17,26,28-31H,3-7H2,1-2H3,(H,22,23,25)/t10-,11+,12-,13-,14+,16?,17-,20-/m0/s1. The quantitative estimate of drug-likeness (QED) is 0.287. The molecule has 2 aromatic heterocycles. The first-order valence-electron chi connectivity index (χ1n) is 11.0. The molecular formula is C20H31ClN6O5. The molecular weight excluding hydrogens is 440 g/mol. The van der Waals surface area contributed by atoms with Gasteiger partial charge in [-0.1, -0.05) is 6.92 Å². The van der Waals surface area contributed by atoms with Crippen LogP contribution in [0.25, 0.3) is 11.2 Å². The van der Waals surface area contributed by atoms with Crippen molar-refractivity contribution in [3.63, 3.8) is 0 Å². The van der Waals surface area contributed by atoms with Gasteiger partial charge in [-0.2, -0.15) is 0 Å². The van der Waals surface area contributed by atoms with Gasteiger partial charge in [-0.25, -0.2) is 15.0 Å². The number of aliphatic hydroxyl groups is 4. The van der Waals surface area contributed by atoms with Crippen LogP contribution in [0.4, 0.5) is 5.82 Å². The van der Waals surface area contributed by atoms with Crippen LogP contribution in [0.1, 0.15) is 39.5 Å². The molecule has 0 amide bonds. The summed E-state index contributed by atoms with van der Waals surface area (Å²) >= 11 is 5.98. The van der Waals surface area contributed by atoms with Crippen LogP contribution in [0.3, 0.4) is 0 Å². The van der Waals surface area contributed by atoms with Crippen molar-refractivity contribution in [1.29, 1.82) is 0 Å². The van der Waals surface area contributed by atoms with E-state index in [1.807, 2.05) is 6.92 Å². The van der Waals surface area contributed by atoms with Crippen LogP contribution in [0, 0.1) is 0 Å². The molecule has 0 aromatic carbocycles. The van der Waals surface area contributed by atoms with Crippen molar-refractivity contribution >= 4 is 28.6 Å². The molecule has 1 saturated heterocycles. The fourth-order valence-electron chi connectivity index (χ4n) is 4.61. The number of aliphatic hydroxyl groups excluding tert-OH is 4. The van der Waals surface area contributed by atoms with Crippen LogP contribution >= 0.6 is 11.6 Å². The zero-order chi connectivity index (χ0) is 23.0. The first-order chi connectivity index (χ1) is 15.3. The van der Waals surface area contributed by atoms with E-state index in [1.54, 1.807) is 6.92 Å². The maximum atomic E-state index is 11.1. The summed E-state index contributed by atoms with van der Waals surface area (Å²) in [4.78, 5) is 13.1. The lowest BCUT2D eigenvalue weighted by molar-refractivity contribution is -0.171. The lowest BCUT2D eigenvalue weighted by Crippen LogP contribution is -2.61. The number of hydrogen-bond donors (Lipinski definition) is 6.